The van der Waals surface area contributed by atoms with Crippen LogP contribution >= 0.6 is 35.0 Å². The van der Waals surface area contributed by atoms with E-state index in [4.69, 9.17) is 23.2 Å². The van der Waals surface area contributed by atoms with Crippen LogP contribution in [0, 0.1) is 0 Å². The Morgan fingerprint density at radius 1 is 1.05 bits per heavy atom. The van der Waals surface area contributed by atoms with Crippen molar-refractivity contribution in [2.45, 2.75) is 36.1 Å². The highest BCUT2D eigenvalue weighted by Crippen LogP contribution is 2.31. The SMILES string of the molecule is Clc1ccc(CNC2CC2)c(SCc2ccccc2Cl)c1. The highest BCUT2D eigenvalue weighted by Gasteiger charge is 2.20. The average molecular weight is 338 g/mol. The summed E-state index contributed by atoms with van der Waals surface area (Å²) in [5.41, 5.74) is 2.47. The number of nitrogens with one attached hydrogen (secondary N) is 1. The molecule has 0 heterocycles. The van der Waals surface area contributed by atoms with Gasteiger partial charge >= 0.3 is 0 Å². The van der Waals surface area contributed by atoms with Crippen LogP contribution in [0.25, 0.3) is 0 Å². The Morgan fingerprint density at radius 2 is 1.86 bits per heavy atom. The summed E-state index contributed by atoms with van der Waals surface area (Å²) in [6, 6.07) is 14.8. The standard InChI is InChI=1S/C17H17Cl2NS/c18-14-6-5-12(10-20-15-7-8-15)17(9-14)21-11-13-3-1-2-4-16(13)19/h1-6,9,15,20H,7-8,10-11H2. The largest absolute Gasteiger partial charge is 0.310 e. The van der Waals surface area contributed by atoms with Gasteiger partial charge in [0.25, 0.3) is 0 Å². The lowest BCUT2D eigenvalue weighted by molar-refractivity contribution is 0.680. The molecule has 1 fully saturated rings. The molecule has 0 aliphatic heterocycles. The smallest absolute Gasteiger partial charge is 0.0446 e. The molecule has 1 nitrogen and oxygen atoms in total. The van der Waals surface area contributed by atoms with Crippen LogP contribution in [0.2, 0.25) is 10.0 Å². The number of hydrogen-bond donors (Lipinski definition) is 1. The van der Waals surface area contributed by atoms with E-state index in [1.54, 1.807) is 11.8 Å². The summed E-state index contributed by atoms with van der Waals surface area (Å²) in [5, 5.41) is 5.17. The van der Waals surface area contributed by atoms with Crippen molar-refractivity contribution < 1.29 is 0 Å². The summed E-state index contributed by atoms with van der Waals surface area (Å²) in [6.45, 7) is 0.909. The number of hydrogen-bond acceptors (Lipinski definition) is 2. The van der Waals surface area contributed by atoms with Crippen molar-refractivity contribution in [3.63, 3.8) is 0 Å². The van der Waals surface area contributed by atoms with Crippen LogP contribution in [0.15, 0.2) is 47.4 Å². The van der Waals surface area contributed by atoms with Gasteiger partial charge in [-0.3, -0.25) is 0 Å². The summed E-state index contributed by atoms with van der Waals surface area (Å²) in [4.78, 5) is 1.23. The van der Waals surface area contributed by atoms with Crippen LogP contribution in [0.5, 0.6) is 0 Å². The van der Waals surface area contributed by atoms with Crippen LogP contribution in [-0.2, 0) is 12.3 Å². The predicted octanol–water partition coefficient (Wildman–Crippen LogP) is 5.54. The zero-order chi connectivity index (χ0) is 14.7. The summed E-state index contributed by atoms with van der Waals surface area (Å²) in [7, 11) is 0. The molecule has 1 saturated carbocycles. The van der Waals surface area contributed by atoms with Gasteiger partial charge in [-0.1, -0.05) is 47.5 Å². The van der Waals surface area contributed by atoms with Crippen molar-refractivity contribution in [1.29, 1.82) is 0 Å². The Labute approximate surface area is 140 Å². The molecular formula is C17H17Cl2NS. The van der Waals surface area contributed by atoms with E-state index in [-0.39, 0.29) is 0 Å². The van der Waals surface area contributed by atoms with Crippen molar-refractivity contribution in [3.8, 4) is 0 Å². The lowest BCUT2D eigenvalue weighted by Gasteiger charge is -2.11. The fourth-order valence-electron chi connectivity index (χ4n) is 2.12. The van der Waals surface area contributed by atoms with E-state index in [2.05, 4.69) is 17.4 Å². The highest BCUT2D eigenvalue weighted by atomic mass is 35.5. The van der Waals surface area contributed by atoms with E-state index in [1.807, 2.05) is 30.3 Å². The Hall–Kier alpha value is -0.670. The van der Waals surface area contributed by atoms with E-state index in [0.29, 0.717) is 6.04 Å². The maximum absolute atomic E-state index is 6.22. The zero-order valence-electron chi connectivity index (χ0n) is 11.6. The van der Waals surface area contributed by atoms with Gasteiger partial charge in [-0.15, -0.1) is 11.8 Å². The van der Waals surface area contributed by atoms with Gasteiger partial charge in [0.05, 0.1) is 0 Å². The third kappa shape index (κ3) is 4.40. The number of rotatable bonds is 6. The Balaban J connectivity index is 1.70. The lowest BCUT2D eigenvalue weighted by atomic mass is 10.2. The quantitative estimate of drug-likeness (QED) is 0.694. The molecule has 2 aromatic rings. The summed E-state index contributed by atoms with van der Waals surface area (Å²) < 4.78 is 0. The van der Waals surface area contributed by atoms with E-state index < -0.39 is 0 Å². The second-order valence-corrected chi connectivity index (χ2v) is 7.15. The van der Waals surface area contributed by atoms with Crippen molar-refractivity contribution >= 4 is 35.0 Å². The number of halogens is 2. The molecule has 2 aromatic carbocycles. The molecule has 0 amide bonds. The maximum atomic E-state index is 6.22. The lowest BCUT2D eigenvalue weighted by Crippen LogP contribution is -2.15. The third-order valence-electron chi connectivity index (χ3n) is 3.53. The molecule has 0 aromatic heterocycles. The molecule has 21 heavy (non-hydrogen) atoms. The van der Waals surface area contributed by atoms with Gasteiger partial charge in [-0.2, -0.15) is 0 Å². The van der Waals surface area contributed by atoms with Gasteiger partial charge < -0.3 is 5.32 Å². The number of benzene rings is 2. The van der Waals surface area contributed by atoms with Gasteiger partial charge in [-0.05, 0) is 42.2 Å². The Kier molecular flexibility index (Phi) is 5.12. The molecule has 1 aliphatic carbocycles. The van der Waals surface area contributed by atoms with Gasteiger partial charge in [0.15, 0.2) is 0 Å². The molecule has 0 radical (unpaired) electrons. The van der Waals surface area contributed by atoms with Gasteiger partial charge in [-0.25, -0.2) is 0 Å². The monoisotopic (exact) mass is 337 g/mol. The second kappa shape index (κ2) is 7.06. The average Bonchev–Trinajstić information content (AvgIpc) is 3.30. The topological polar surface area (TPSA) is 12.0 Å². The van der Waals surface area contributed by atoms with Crippen LogP contribution < -0.4 is 5.32 Å². The van der Waals surface area contributed by atoms with Crippen LogP contribution in [-0.4, -0.2) is 6.04 Å². The molecule has 0 saturated heterocycles. The maximum Gasteiger partial charge on any atom is 0.0446 e. The molecule has 3 rings (SSSR count). The minimum absolute atomic E-state index is 0.710. The first-order chi connectivity index (χ1) is 10.2. The first-order valence-corrected chi connectivity index (χ1v) is 8.84. The van der Waals surface area contributed by atoms with Crippen LogP contribution in [0.3, 0.4) is 0 Å². The van der Waals surface area contributed by atoms with Crippen molar-refractivity contribution in [1.82, 2.24) is 5.32 Å². The molecule has 4 heteroatoms. The minimum atomic E-state index is 0.710. The van der Waals surface area contributed by atoms with E-state index >= 15 is 0 Å². The zero-order valence-corrected chi connectivity index (χ0v) is 13.9. The van der Waals surface area contributed by atoms with Crippen molar-refractivity contribution in [2.75, 3.05) is 0 Å². The molecule has 110 valence electrons. The fourth-order valence-corrected chi connectivity index (χ4v) is 3.74. The summed E-state index contributed by atoms with van der Waals surface area (Å²) in [5.74, 6) is 0.858. The molecule has 0 unspecified atom stereocenters. The molecular weight excluding hydrogens is 321 g/mol. The molecule has 0 bridgehead atoms. The summed E-state index contributed by atoms with van der Waals surface area (Å²) in [6.07, 6.45) is 2.60. The second-order valence-electron chi connectivity index (χ2n) is 5.29. The van der Waals surface area contributed by atoms with Gasteiger partial charge in [0.1, 0.15) is 0 Å². The first kappa shape index (κ1) is 15.2. The number of thioether (sulfide) groups is 1. The van der Waals surface area contributed by atoms with Gasteiger partial charge in [0, 0.05) is 33.3 Å². The molecule has 1 aliphatic rings. The van der Waals surface area contributed by atoms with Crippen molar-refractivity contribution in [3.05, 3.63) is 63.6 Å². The Morgan fingerprint density at radius 3 is 2.62 bits per heavy atom. The molecule has 0 spiro atoms. The molecule has 1 N–H and O–H groups in total. The van der Waals surface area contributed by atoms with Gasteiger partial charge in [0.2, 0.25) is 0 Å². The van der Waals surface area contributed by atoms with Crippen LogP contribution in [0.4, 0.5) is 0 Å². The summed E-state index contributed by atoms with van der Waals surface area (Å²) >= 11 is 14.2. The van der Waals surface area contributed by atoms with E-state index in [1.165, 1.54) is 23.3 Å². The van der Waals surface area contributed by atoms with E-state index in [9.17, 15) is 0 Å². The fraction of sp³-hybridized carbons (Fsp3) is 0.294. The first-order valence-electron chi connectivity index (χ1n) is 7.10. The normalized spacial score (nSPS) is 14.4. The van der Waals surface area contributed by atoms with E-state index in [0.717, 1.165) is 27.9 Å². The Bertz CT molecular complexity index is 626. The minimum Gasteiger partial charge on any atom is -0.310 e. The predicted molar refractivity (Wildman–Crippen MR) is 92.3 cm³/mol. The molecule has 0 atom stereocenters. The highest BCUT2D eigenvalue weighted by molar-refractivity contribution is 7.98. The van der Waals surface area contributed by atoms with Crippen LogP contribution in [0.1, 0.15) is 24.0 Å². The van der Waals surface area contributed by atoms with Crippen molar-refractivity contribution in [2.24, 2.45) is 0 Å². The third-order valence-corrected chi connectivity index (χ3v) is 5.28.